The van der Waals surface area contributed by atoms with E-state index in [1.54, 1.807) is 7.11 Å². The SMILES string of the molecule is COC1CNC(c2nc(C3CCCCC3)n[nH]2)C1. The topological polar surface area (TPSA) is 62.8 Å². The van der Waals surface area contributed by atoms with E-state index in [4.69, 9.17) is 9.72 Å². The molecule has 2 heterocycles. The molecule has 2 N–H and O–H groups in total. The third-order valence-corrected chi connectivity index (χ3v) is 4.24. The highest BCUT2D eigenvalue weighted by Gasteiger charge is 2.28. The van der Waals surface area contributed by atoms with Crippen LogP contribution in [-0.2, 0) is 4.74 Å². The molecule has 0 bridgehead atoms. The van der Waals surface area contributed by atoms with E-state index in [2.05, 4.69) is 15.5 Å². The molecule has 2 fully saturated rings. The molecule has 1 saturated heterocycles. The lowest BCUT2D eigenvalue weighted by molar-refractivity contribution is 0.117. The molecule has 1 saturated carbocycles. The van der Waals surface area contributed by atoms with Crippen LogP contribution < -0.4 is 5.32 Å². The van der Waals surface area contributed by atoms with Gasteiger partial charge in [-0.25, -0.2) is 4.98 Å². The Hall–Kier alpha value is -0.940. The lowest BCUT2D eigenvalue weighted by Gasteiger charge is -2.18. The highest BCUT2D eigenvalue weighted by molar-refractivity contribution is 5.04. The number of hydrogen-bond acceptors (Lipinski definition) is 4. The van der Waals surface area contributed by atoms with E-state index in [-0.39, 0.29) is 6.04 Å². The fourth-order valence-corrected chi connectivity index (χ4v) is 3.08. The second-order valence-corrected chi connectivity index (χ2v) is 5.47. The summed E-state index contributed by atoms with van der Waals surface area (Å²) in [6, 6.07) is 0.278. The third kappa shape index (κ3) is 2.42. The van der Waals surface area contributed by atoms with Crippen molar-refractivity contribution in [1.29, 1.82) is 0 Å². The molecule has 1 aliphatic carbocycles. The van der Waals surface area contributed by atoms with Gasteiger partial charge in [-0.15, -0.1) is 0 Å². The smallest absolute Gasteiger partial charge is 0.153 e. The minimum Gasteiger partial charge on any atom is -0.380 e. The van der Waals surface area contributed by atoms with Crippen molar-refractivity contribution in [3.05, 3.63) is 11.6 Å². The summed E-state index contributed by atoms with van der Waals surface area (Å²) in [5, 5.41) is 11.0. The van der Waals surface area contributed by atoms with E-state index >= 15 is 0 Å². The second-order valence-electron chi connectivity index (χ2n) is 5.47. The number of methoxy groups -OCH3 is 1. The average molecular weight is 250 g/mol. The number of rotatable bonds is 3. The normalized spacial score (nSPS) is 29.8. The molecule has 0 amide bonds. The predicted molar refractivity (Wildman–Crippen MR) is 68.4 cm³/mol. The van der Waals surface area contributed by atoms with Crippen LogP contribution >= 0.6 is 0 Å². The largest absolute Gasteiger partial charge is 0.380 e. The van der Waals surface area contributed by atoms with Gasteiger partial charge in [0.05, 0.1) is 12.1 Å². The van der Waals surface area contributed by atoms with Crippen molar-refractivity contribution in [2.45, 2.75) is 56.6 Å². The Balaban J connectivity index is 1.66. The lowest BCUT2D eigenvalue weighted by Crippen LogP contribution is -2.16. The van der Waals surface area contributed by atoms with Gasteiger partial charge in [0, 0.05) is 19.6 Å². The number of aromatic nitrogens is 3. The molecule has 3 rings (SSSR count). The summed E-state index contributed by atoms with van der Waals surface area (Å²) in [5.41, 5.74) is 0. The van der Waals surface area contributed by atoms with Crippen LogP contribution in [0.1, 0.15) is 62.1 Å². The van der Waals surface area contributed by atoms with Crippen molar-refractivity contribution in [3.63, 3.8) is 0 Å². The molecule has 2 aliphatic rings. The molecule has 2 atom stereocenters. The monoisotopic (exact) mass is 250 g/mol. The quantitative estimate of drug-likeness (QED) is 0.860. The summed E-state index contributed by atoms with van der Waals surface area (Å²) in [6.45, 7) is 0.903. The average Bonchev–Trinajstić information content (AvgIpc) is 3.08. The number of hydrogen-bond donors (Lipinski definition) is 2. The van der Waals surface area contributed by atoms with Crippen molar-refractivity contribution in [2.24, 2.45) is 0 Å². The van der Waals surface area contributed by atoms with Crippen LogP contribution in [0.25, 0.3) is 0 Å². The van der Waals surface area contributed by atoms with Crippen LogP contribution in [0.15, 0.2) is 0 Å². The number of H-pyrrole nitrogens is 1. The summed E-state index contributed by atoms with van der Waals surface area (Å²) >= 11 is 0. The molecule has 2 unspecified atom stereocenters. The summed E-state index contributed by atoms with van der Waals surface area (Å²) in [6.07, 6.45) is 7.79. The maximum Gasteiger partial charge on any atom is 0.153 e. The first-order valence-corrected chi connectivity index (χ1v) is 7.05. The molecule has 0 radical (unpaired) electrons. The van der Waals surface area contributed by atoms with Crippen molar-refractivity contribution >= 4 is 0 Å². The Bertz CT molecular complexity index is 386. The van der Waals surface area contributed by atoms with Gasteiger partial charge in [0.1, 0.15) is 5.82 Å². The molecule has 18 heavy (non-hydrogen) atoms. The fraction of sp³-hybridized carbons (Fsp3) is 0.846. The Morgan fingerprint density at radius 1 is 1.22 bits per heavy atom. The Morgan fingerprint density at radius 2 is 2.06 bits per heavy atom. The highest BCUT2D eigenvalue weighted by atomic mass is 16.5. The third-order valence-electron chi connectivity index (χ3n) is 4.24. The molecule has 0 aromatic carbocycles. The van der Waals surface area contributed by atoms with E-state index in [0.29, 0.717) is 12.0 Å². The van der Waals surface area contributed by atoms with E-state index in [9.17, 15) is 0 Å². The summed E-state index contributed by atoms with van der Waals surface area (Å²) in [4.78, 5) is 4.70. The summed E-state index contributed by atoms with van der Waals surface area (Å²) < 4.78 is 5.36. The number of nitrogens with one attached hydrogen (secondary N) is 2. The number of nitrogens with zero attached hydrogens (tertiary/aromatic N) is 2. The summed E-state index contributed by atoms with van der Waals surface area (Å²) in [7, 11) is 1.77. The minimum atomic E-state index is 0.278. The lowest BCUT2D eigenvalue weighted by atomic mass is 9.89. The molecule has 5 nitrogen and oxygen atoms in total. The van der Waals surface area contributed by atoms with Crippen LogP contribution in [0, 0.1) is 0 Å². The molecule has 5 heteroatoms. The zero-order valence-corrected chi connectivity index (χ0v) is 11.0. The molecule has 1 aliphatic heterocycles. The van der Waals surface area contributed by atoms with Crippen LogP contribution in [0.3, 0.4) is 0 Å². The Labute approximate surface area is 108 Å². The Kier molecular flexibility index (Phi) is 3.61. The van der Waals surface area contributed by atoms with Gasteiger partial charge in [-0.05, 0) is 19.3 Å². The first-order chi connectivity index (χ1) is 8.86. The molecular formula is C13H22N4O. The van der Waals surface area contributed by atoms with Crippen molar-refractivity contribution in [1.82, 2.24) is 20.5 Å². The highest BCUT2D eigenvalue weighted by Crippen LogP contribution is 2.31. The van der Waals surface area contributed by atoms with Crippen LogP contribution in [0.2, 0.25) is 0 Å². The van der Waals surface area contributed by atoms with Crippen LogP contribution in [0.4, 0.5) is 0 Å². The predicted octanol–water partition coefficient (Wildman–Crippen LogP) is 1.90. The van der Waals surface area contributed by atoms with Gasteiger partial charge in [-0.2, -0.15) is 5.10 Å². The van der Waals surface area contributed by atoms with E-state index in [0.717, 1.165) is 24.6 Å². The van der Waals surface area contributed by atoms with Crippen LogP contribution in [-0.4, -0.2) is 34.9 Å². The zero-order valence-electron chi connectivity index (χ0n) is 11.0. The minimum absolute atomic E-state index is 0.278. The first kappa shape index (κ1) is 12.1. The number of ether oxygens (including phenoxy) is 1. The second kappa shape index (κ2) is 5.36. The van der Waals surface area contributed by atoms with Crippen molar-refractivity contribution in [2.75, 3.05) is 13.7 Å². The molecule has 100 valence electrons. The Morgan fingerprint density at radius 3 is 2.78 bits per heavy atom. The molecule has 0 spiro atoms. The molecular weight excluding hydrogens is 228 g/mol. The van der Waals surface area contributed by atoms with E-state index in [1.165, 1.54) is 32.1 Å². The maximum absolute atomic E-state index is 5.36. The number of aromatic amines is 1. The first-order valence-electron chi connectivity index (χ1n) is 7.05. The van der Waals surface area contributed by atoms with Gasteiger partial charge in [0.25, 0.3) is 0 Å². The van der Waals surface area contributed by atoms with Gasteiger partial charge < -0.3 is 10.1 Å². The van der Waals surface area contributed by atoms with Crippen LogP contribution in [0.5, 0.6) is 0 Å². The van der Waals surface area contributed by atoms with Gasteiger partial charge in [0.2, 0.25) is 0 Å². The van der Waals surface area contributed by atoms with Gasteiger partial charge >= 0.3 is 0 Å². The maximum atomic E-state index is 5.36. The van der Waals surface area contributed by atoms with Crippen molar-refractivity contribution < 1.29 is 4.74 Å². The van der Waals surface area contributed by atoms with E-state index in [1.807, 2.05) is 0 Å². The molecule has 1 aromatic rings. The molecule has 1 aromatic heterocycles. The van der Waals surface area contributed by atoms with Crippen molar-refractivity contribution in [3.8, 4) is 0 Å². The van der Waals surface area contributed by atoms with E-state index < -0.39 is 0 Å². The van der Waals surface area contributed by atoms with Gasteiger partial charge in [-0.3, -0.25) is 5.10 Å². The zero-order chi connectivity index (χ0) is 12.4. The van der Waals surface area contributed by atoms with Gasteiger partial charge in [0.15, 0.2) is 5.82 Å². The van der Waals surface area contributed by atoms with Gasteiger partial charge in [-0.1, -0.05) is 19.3 Å². The summed E-state index contributed by atoms with van der Waals surface area (Å²) in [5.74, 6) is 2.57. The standard InChI is InChI=1S/C13H22N4O/c1-18-10-7-11(14-8-10)13-15-12(16-17-13)9-5-3-2-4-6-9/h9-11,14H,2-8H2,1H3,(H,15,16,17). The fourth-order valence-electron chi connectivity index (χ4n) is 3.08.